The highest BCUT2D eigenvalue weighted by Gasteiger charge is 2.14. The van der Waals surface area contributed by atoms with Gasteiger partial charge in [-0.15, -0.1) is 23.7 Å². The third-order valence-corrected chi connectivity index (χ3v) is 3.59. The van der Waals surface area contributed by atoms with Crippen LogP contribution in [0.2, 0.25) is 0 Å². The number of carboxylic acid groups (broad SMARTS) is 1. The zero-order chi connectivity index (χ0) is 12.4. The molecule has 18 heavy (non-hydrogen) atoms. The van der Waals surface area contributed by atoms with E-state index in [9.17, 15) is 4.79 Å². The van der Waals surface area contributed by atoms with Crippen molar-refractivity contribution in [2.75, 3.05) is 0 Å². The minimum atomic E-state index is -0.929. The number of nitrogens with zero attached hydrogens (tertiary/aromatic N) is 1. The number of rotatable bonds is 3. The van der Waals surface area contributed by atoms with Crippen LogP contribution in [-0.4, -0.2) is 16.1 Å². The molecule has 1 heterocycles. The van der Waals surface area contributed by atoms with Gasteiger partial charge in [-0.25, -0.2) is 9.78 Å². The van der Waals surface area contributed by atoms with Gasteiger partial charge < -0.3 is 10.8 Å². The maximum atomic E-state index is 10.9. The third-order valence-electron chi connectivity index (χ3n) is 2.40. The zero-order valence-electron chi connectivity index (χ0n) is 9.71. The molecule has 0 spiro atoms. The van der Waals surface area contributed by atoms with Crippen molar-refractivity contribution in [2.24, 2.45) is 5.73 Å². The van der Waals surface area contributed by atoms with Crippen molar-refractivity contribution in [3.8, 4) is 10.6 Å². The van der Waals surface area contributed by atoms with Gasteiger partial charge in [-0.05, 0) is 18.6 Å². The Bertz CT molecular complexity index is 569. The second-order valence-electron chi connectivity index (χ2n) is 3.64. The molecular weight excluding hydrogens is 272 g/mol. The molecule has 0 aliphatic carbocycles. The van der Waals surface area contributed by atoms with E-state index < -0.39 is 5.97 Å². The van der Waals surface area contributed by atoms with Gasteiger partial charge in [0.05, 0.1) is 5.69 Å². The Morgan fingerprint density at radius 1 is 1.50 bits per heavy atom. The van der Waals surface area contributed by atoms with Gasteiger partial charge in [-0.3, -0.25) is 0 Å². The number of halogens is 1. The number of aryl methyl sites for hydroxylation is 1. The largest absolute Gasteiger partial charge is 0.477 e. The Balaban J connectivity index is 0.00000162. The molecule has 2 rings (SSSR count). The van der Waals surface area contributed by atoms with E-state index in [0.29, 0.717) is 12.2 Å². The van der Waals surface area contributed by atoms with E-state index in [1.54, 1.807) is 6.92 Å². The molecule has 0 saturated heterocycles. The van der Waals surface area contributed by atoms with Crippen LogP contribution < -0.4 is 5.73 Å². The molecule has 1 aromatic heterocycles. The first kappa shape index (κ1) is 14.6. The van der Waals surface area contributed by atoms with Gasteiger partial charge in [0, 0.05) is 12.1 Å². The third kappa shape index (κ3) is 2.87. The number of thiazole rings is 1. The number of aromatic carboxylic acids is 1. The number of benzene rings is 1. The second-order valence-corrected chi connectivity index (χ2v) is 4.64. The SMILES string of the molecule is Cc1nc(-c2cccc(CN)c2)sc1C(=O)O.Cl. The van der Waals surface area contributed by atoms with Gasteiger partial charge >= 0.3 is 5.97 Å². The summed E-state index contributed by atoms with van der Waals surface area (Å²) in [6.07, 6.45) is 0. The highest BCUT2D eigenvalue weighted by Crippen LogP contribution is 2.28. The summed E-state index contributed by atoms with van der Waals surface area (Å²) in [5.74, 6) is -0.929. The lowest BCUT2D eigenvalue weighted by Crippen LogP contribution is -1.95. The van der Waals surface area contributed by atoms with Crippen molar-refractivity contribution < 1.29 is 9.90 Å². The topological polar surface area (TPSA) is 76.2 Å². The molecule has 0 saturated carbocycles. The number of carbonyl (C=O) groups is 1. The van der Waals surface area contributed by atoms with Crippen molar-refractivity contribution in [2.45, 2.75) is 13.5 Å². The van der Waals surface area contributed by atoms with Crippen LogP contribution in [0, 0.1) is 6.92 Å². The fraction of sp³-hybridized carbons (Fsp3) is 0.167. The van der Waals surface area contributed by atoms with E-state index in [1.807, 2.05) is 24.3 Å². The van der Waals surface area contributed by atoms with Gasteiger partial charge in [0.25, 0.3) is 0 Å². The van der Waals surface area contributed by atoms with Gasteiger partial charge in [-0.1, -0.05) is 18.2 Å². The average Bonchev–Trinajstić information content (AvgIpc) is 2.71. The van der Waals surface area contributed by atoms with Crippen molar-refractivity contribution >= 4 is 29.7 Å². The van der Waals surface area contributed by atoms with Crippen LogP contribution in [0.1, 0.15) is 20.9 Å². The Morgan fingerprint density at radius 2 is 2.22 bits per heavy atom. The van der Waals surface area contributed by atoms with Gasteiger partial charge in [0.15, 0.2) is 0 Å². The van der Waals surface area contributed by atoms with Crippen LogP contribution in [0.4, 0.5) is 0 Å². The van der Waals surface area contributed by atoms with E-state index in [-0.39, 0.29) is 17.3 Å². The fourth-order valence-corrected chi connectivity index (χ4v) is 2.45. The van der Waals surface area contributed by atoms with Gasteiger partial charge in [0.2, 0.25) is 0 Å². The minimum Gasteiger partial charge on any atom is -0.477 e. The van der Waals surface area contributed by atoms with E-state index in [4.69, 9.17) is 10.8 Å². The summed E-state index contributed by atoms with van der Waals surface area (Å²) in [6, 6.07) is 7.67. The molecule has 2 aromatic rings. The molecule has 0 aliphatic rings. The predicted octanol–water partition coefficient (Wildman–Crippen LogP) is 2.70. The van der Waals surface area contributed by atoms with Crippen LogP contribution in [0.5, 0.6) is 0 Å². The lowest BCUT2D eigenvalue weighted by molar-refractivity contribution is 0.0701. The molecular formula is C12H13ClN2O2S. The van der Waals surface area contributed by atoms with Crippen LogP contribution in [0.15, 0.2) is 24.3 Å². The van der Waals surface area contributed by atoms with Crippen molar-refractivity contribution in [1.29, 1.82) is 0 Å². The lowest BCUT2D eigenvalue weighted by atomic mass is 10.1. The summed E-state index contributed by atoms with van der Waals surface area (Å²) in [6.45, 7) is 2.17. The Labute approximate surface area is 115 Å². The standard InChI is InChI=1S/C12H12N2O2S.ClH/c1-7-10(12(15)16)17-11(14-7)9-4-2-3-8(5-9)6-13;/h2-5H,6,13H2,1H3,(H,15,16);1H. The number of carboxylic acids is 1. The number of nitrogens with two attached hydrogens (primary N) is 1. The molecule has 96 valence electrons. The highest BCUT2D eigenvalue weighted by atomic mass is 35.5. The molecule has 6 heteroatoms. The molecule has 1 aromatic carbocycles. The molecule has 4 nitrogen and oxygen atoms in total. The molecule has 0 radical (unpaired) electrons. The smallest absolute Gasteiger partial charge is 0.347 e. The molecule has 0 aliphatic heterocycles. The lowest BCUT2D eigenvalue weighted by Gasteiger charge is -1.99. The summed E-state index contributed by atoms with van der Waals surface area (Å²) in [5, 5.41) is 9.69. The summed E-state index contributed by atoms with van der Waals surface area (Å²) < 4.78 is 0. The first-order valence-electron chi connectivity index (χ1n) is 5.12. The predicted molar refractivity (Wildman–Crippen MR) is 74.4 cm³/mol. The number of hydrogen-bond donors (Lipinski definition) is 2. The molecule has 0 fully saturated rings. The minimum absolute atomic E-state index is 0. The van der Waals surface area contributed by atoms with Crippen LogP contribution in [-0.2, 0) is 6.54 Å². The summed E-state index contributed by atoms with van der Waals surface area (Å²) in [7, 11) is 0. The quantitative estimate of drug-likeness (QED) is 0.908. The maximum Gasteiger partial charge on any atom is 0.347 e. The normalized spacial score (nSPS) is 9.89. The van der Waals surface area contributed by atoms with E-state index in [0.717, 1.165) is 16.1 Å². The van der Waals surface area contributed by atoms with Gasteiger partial charge in [0.1, 0.15) is 9.88 Å². The fourth-order valence-electron chi connectivity index (χ4n) is 1.55. The molecule has 0 atom stereocenters. The second kappa shape index (κ2) is 5.95. The van der Waals surface area contributed by atoms with E-state index in [1.165, 1.54) is 11.3 Å². The van der Waals surface area contributed by atoms with E-state index >= 15 is 0 Å². The first-order chi connectivity index (χ1) is 8.11. The number of aromatic nitrogens is 1. The summed E-state index contributed by atoms with van der Waals surface area (Å²) in [4.78, 5) is 15.5. The highest BCUT2D eigenvalue weighted by molar-refractivity contribution is 7.17. The summed E-state index contributed by atoms with van der Waals surface area (Å²) in [5.41, 5.74) is 8.04. The van der Waals surface area contributed by atoms with Crippen LogP contribution >= 0.6 is 23.7 Å². The van der Waals surface area contributed by atoms with Gasteiger partial charge in [-0.2, -0.15) is 0 Å². The van der Waals surface area contributed by atoms with Crippen molar-refractivity contribution in [3.05, 3.63) is 40.4 Å². The molecule has 0 amide bonds. The Morgan fingerprint density at radius 3 is 2.78 bits per heavy atom. The molecule has 0 unspecified atom stereocenters. The number of hydrogen-bond acceptors (Lipinski definition) is 4. The maximum absolute atomic E-state index is 10.9. The Kier molecular flexibility index (Phi) is 4.84. The van der Waals surface area contributed by atoms with E-state index in [2.05, 4.69) is 4.98 Å². The van der Waals surface area contributed by atoms with Crippen molar-refractivity contribution in [1.82, 2.24) is 4.98 Å². The summed E-state index contributed by atoms with van der Waals surface area (Å²) >= 11 is 1.19. The van der Waals surface area contributed by atoms with Crippen LogP contribution in [0.25, 0.3) is 10.6 Å². The zero-order valence-corrected chi connectivity index (χ0v) is 11.3. The first-order valence-corrected chi connectivity index (χ1v) is 5.93. The van der Waals surface area contributed by atoms with Crippen LogP contribution in [0.3, 0.4) is 0 Å². The van der Waals surface area contributed by atoms with Crippen molar-refractivity contribution in [3.63, 3.8) is 0 Å². The molecule has 3 N–H and O–H groups in total. The molecule has 0 bridgehead atoms. The average molecular weight is 285 g/mol. The Hall–Kier alpha value is -1.43. The monoisotopic (exact) mass is 284 g/mol.